The lowest BCUT2D eigenvalue weighted by atomic mass is 9.76. The molecule has 1 N–H and O–H groups in total. The van der Waals surface area contributed by atoms with Gasteiger partial charge in [-0.2, -0.15) is 0 Å². The Hall–Kier alpha value is -2.54. The highest BCUT2D eigenvalue weighted by molar-refractivity contribution is 9.10. The highest BCUT2D eigenvalue weighted by atomic mass is 79.9. The molecule has 1 aliphatic carbocycles. The summed E-state index contributed by atoms with van der Waals surface area (Å²) < 4.78 is 11.4. The largest absolute Gasteiger partial charge is 0.493 e. The minimum Gasteiger partial charge on any atom is -0.493 e. The van der Waals surface area contributed by atoms with Crippen molar-refractivity contribution in [2.24, 2.45) is 0 Å². The monoisotopic (exact) mass is 444 g/mol. The number of amides is 3. The highest BCUT2D eigenvalue weighted by Crippen LogP contribution is 2.41. The molecule has 0 bridgehead atoms. The Kier molecular flexibility index (Phi) is 4.79. The Morgan fingerprint density at radius 3 is 2.61 bits per heavy atom. The van der Waals surface area contributed by atoms with Crippen LogP contribution in [0.5, 0.6) is 11.5 Å². The lowest BCUT2D eigenvalue weighted by Gasteiger charge is -2.33. The predicted molar refractivity (Wildman–Crippen MR) is 107 cm³/mol. The number of imide groups is 1. The van der Waals surface area contributed by atoms with Crippen LogP contribution < -0.4 is 14.8 Å². The van der Waals surface area contributed by atoms with Crippen molar-refractivity contribution in [1.29, 1.82) is 0 Å². The fourth-order valence-electron chi connectivity index (χ4n) is 4.14. The van der Waals surface area contributed by atoms with E-state index in [1.165, 1.54) is 4.90 Å². The molecule has 146 valence electrons. The summed E-state index contributed by atoms with van der Waals surface area (Å²) in [5.74, 6) is 0.921. The molecule has 1 atom stereocenters. The minimum atomic E-state index is -0.963. The van der Waals surface area contributed by atoms with Crippen molar-refractivity contribution in [3.63, 3.8) is 0 Å². The molecule has 1 aliphatic heterocycles. The summed E-state index contributed by atoms with van der Waals surface area (Å²) in [4.78, 5) is 27.5. The topological polar surface area (TPSA) is 67.9 Å². The molecule has 0 aromatic heterocycles. The summed E-state index contributed by atoms with van der Waals surface area (Å²) in [6, 6.07) is 11.0. The normalized spacial score (nSPS) is 20.9. The molecule has 4 rings (SSSR count). The first-order valence-electron chi connectivity index (χ1n) is 9.13. The maximum atomic E-state index is 13.4. The molecule has 1 spiro atoms. The van der Waals surface area contributed by atoms with E-state index >= 15 is 0 Å². The van der Waals surface area contributed by atoms with E-state index in [0.717, 1.165) is 34.0 Å². The highest BCUT2D eigenvalue weighted by Gasteiger charge is 2.53. The van der Waals surface area contributed by atoms with Crippen LogP contribution in [0.4, 0.5) is 4.79 Å². The van der Waals surface area contributed by atoms with Gasteiger partial charge in [0, 0.05) is 4.47 Å². The van der Waals surface area contributed by atoms with Gasteiger partial charge in [-0.25, -0.2) is 4.79 Å². The maximum absolute atomic E-state index is 13.4. The Labute approximate surface area is 171 Å². The standard InChI is InChI=1S/C21H21BrN2O4/c1-27-17-10-14(16(22)11-18(17)28-2)12-24-19(25)21(23-20(24)26)9-5-7-13-6-3-4-8-15(13)21/h3-4,6,8,10-11H,5,7,9,12H2,1-2H3,(H,23,26). The second-order valence-corrected chi connectivity index (χ2v) is 7.89. The second-order valence-electron chi connectivity index (χ2n) is 7.04. The van der Waals surface area contributed by atoms with Gasteiger partial charge in [0.2, 0.25) is 0 Å². The number of benzene rings is 2. The van der Waals surface area contributed by atoms with E-state index in [1.807, 2.05) is 24.3 Å². The first kappa shape index (κ1) is 18.8. The summed E-state index contributed by atoms with van der Waals surface area (Å²) in [5.41, 5.74) is 1.84. The van der Waals surface area contributed by atoms with E-state index < -0.39 is 5.54 Å². The summed E-state index contributed by atoms with van der Waals surface area (Å²) in [5, 5.41) is 2.98. The molecule has 1 fully saturated rings. The van der Waals surface area contributed by atoms with E-state index in [2.05, 4.69) is 21.2 Å². The molecule has 0 radical (unpaired) electrons. The molecule has 3 amide bonds. The van der Waals surface area contributed by atoms with Gasteiger partial charge in [0.05, 0.1) is 20.8 Å². The second kappa shape index (κ2) is 7.13. The lowest BCUT2D eigenvalue weighted by molar-refractivity contribution is -0.132. The fraction of sp³-hybridized carbons (Fsp3) is 0.333. The van der Waals surface area contributed by atoms with Crippen molar-refractivity contribution in [3.8, 4) is 11.5 Å². The zero-order valence-electron chi connectivity index (χ0n) is 15.8. The average molecular weight is 445 g/mol. The number of hydrogen-bond donors (Lipinski definition) is 1. The van der Waals surface area contributed by atoms with Crippen LogP contribution in [0.15, 0.2) is 40.9 Å². The van der Waals surface area contributed by atoms with Crippen LogP contribution in [0, 0.1) is 0 Å². The van der Waals surface area contributed by atoms with Gasteiger partial charge in [-0.1, -0.05) is 40.2 Å². The molecule has 28 heavy (non-hydrogen) atoms. The molecule has 1 unspecified atom stereocenters. The van der Waals surface area contributed by atoms with Crippen LogP contribution in [-0.2, 0) is 23.3 Å². The SMILES string of the molecule is COc1cc(Br)c(CN2C(=O)NC3(CCCc4ccccc43)C2=O)cc1OC. The summed E-state index contributed by atoms with van der Waals surface area (Å²) in [6.45, 7) is 0.148. The van der Waals surface area contributed by atoms with Crippen LogP contribution in [0.1, 0.15) is 29.5 Å². The van der Waals surface area contributed by atoms with Gasteiger partial charge in [-0.15, -0.1) is 0 Å². The van der Waals surface area contributed by atoms with Gasteiger partial charge in [-0.05, 0) is 48.1 Å². The fourth-order valence-corrected chi connectivity index (χ4v) is 4.59. The van der Waals surface area contributed by atoms with Crippen LogP contribution >= 0.6 is 15.9 Å². The lowest BCUT2D eigenvalue weighted by Crippen LogP contribution is -2.46. The Balaban J connectivity index is 1.69. The molecule has 2 aromatic carbocycles. The number of rotatable bonds is 4. The smallest absolute Gasteiger partial charge is 0.325 e. The molecule has 1 heterocycles. The molecule has 7 heteroatoms. The first-order chi connectivity index (χ1) is 13.5. The summed E-state index contributed by atoms with van der Waals surface area (Å²) in [6.07, 6.45) is 2.39. The molecular weight excluding hydrogens is 424 g/mol. The zero-order chi connectivity index (χ0) is 19.9. The van der Waals surface area contributed by atoms with Crippen molar-refractivity contribution in [3.05, 3.63) is 57.6 Å². The van der Waals surface area contributed by atoms with E-state index in [9.17, 15) is 9.59 Å². The quantitative estimate of drug-likeness (QED) is 0.729. The van der Waals surface area contributed by atoms with Crippen LogP contribution in [0.2, 0.25) is 0 Å². The number of nitrogens with zero attached hydrogens (tertiary/aromatic N) is 1. The molecular formula is C21H21BrN2O4. The molecule has 6 nitrogen and oxygen atoms in total. The van der Waals surface area contributed by atoms with Crippen molar-refractivity contribution in [1.82, 2.24) is 10.2 Å². The number of nitrogens with one attached hydrogen (secondary N) is 1. The van der Waals surface area contributed by atoms with E-state index in [4.69, 9.17) is 9.47 Å². The maximum Gasteiger partial charge on any atom is 0.325 e. The molecule has 2 aromatic rings. The number of halogens is 1. The number of methoxy groups -OCH3 is 2. The summed E-state index contributed by atoms with van der Waals surface area (Å²) in [7, 11) is 3.11. The molecule has 0 saturated carbocycles. The van der Waals surface area contributed by atoms with Gasteiger partial charge < -0.3 is 14.8 Å². The number of ether oxygens (including phenoxy) is 2. The van der Waals surface area contributed by atoms with Gasteiger partial charge in [-0.3, -0.25) is 9.69 Å². The molecule has 1 saturated heterocycles. The van der Waals surface area contributed by atoms with Crippen molar-refractivity contribution in [2.75, 3.05) is 14.2 Å². The number of hydrogen-bond acceptors (Lipinski definition) is 4. The third-order valence-corrected chi connectivity index (χ3v) is 6.27. The Morgan fingerprint density at radius 2 is 1.86 bits per heavy atom. The Morgan fingerprint density at radius 1 is 1.14 bits per heavy atom. The summed E-state index contributed by atoms with van der Waals surface area (Å²) >= 11 is 3.51. The minimum absolute atomic E-state index is 0.148. The number of fused-ring (bicyclic) bond motifs is 2. The van der Waals surface area contributed by atoms with E-state index in [0.29, 0.717) is 17.9 Å². The number of carbonyl (C=O) groups excluding carboxylic acids is 2. The average Bonchev–Trinajstić information content (AvgIpc) is 2.94. The number of urea groups is 1. The first-order valence-corrected chi connectivity index (χ1v) is 9.92. The van der Waals surface area contributed by atoms with Crippen LogP contribution in [0.25, 0.3) is 0 Å². The van der Waals surface area contributed by atoms with Gasteiger partial charge in [0.25, 0.3) is 5.91 Å². The third kappa shape index (κ3) is 2.85. The predicted octanol–water partition coefficient (Wildman–Crippen LogP) is 3.75. The van der Waals surface area contributed by atoms with Gasteiger partial charge in [0.15, 0.2) is 11.5 Å². The van der Waals surface area contributed by atoms with Crippen molar-refractivity contribution < 1.29 is 19.1 Å². The Bertz CT molecular complexity index is 961. The van der Waals surface area contributed by atoms with Crippen molar-refractivity contribution >= 4 is 27.9 Å². The number of aryl methyl sites for hydroxylation is 1. The molecule has 2 aliphatic rings. The van der Waals surface area contributed by atoms with E-state index in [1.54, 1.807) is 26.4 Å². The van der Waals surface area contributed by atoms with E-state index in [-0.39, 0.29) is 18.5 Å². The van der Waals surface area contributed by atoms with Crippen LogP contribution in [0.3, 0.4) is 0 Å². The van der Waals surface area contributed by atoms with Crippen molar-refractivity contribution in [2.45, 2.75) is 31.3 Å². The van der Waals surface area contributed by atoms with Gasteiger partial charge >= 0.3 is 6.03 Å². The van der Waals surface area contributed by atoms with Crippen LogP contribution in [-0.4, -0.2) is 31.1 Å². The number of carbonyl (C=O) groups is 2. The van der Waals surface area contributed by atoms with Gasteiger partial charge in [0.1, 0.15) is 5.54 Å². The zero-order valence-corrected chi connectivity index (χ0v) is 17.3. The third-order valence-electron chi connectivity index (χ3n) is 5.53.